The molecule has 8 nitrogen and oxygen atoms in total. The van der Waals surface area contributed by atoms with Gasteiger partial charge in [0, 0.05) is 0 Å². The van der Waals surface area contributed by atoms with E-state index >= 15 is 0 Å². The van der Waals surface area contributed by atoms with Crippen molar-refractivity contribution in [3.05, 3.63) is 84.9 Å². The van der Waals surface area contributed by atoms with E-state index in [1.165, 1.54) is 0 Å². The van der Waals surface area contributed by atoms with Crippen LogP contribution in [0.25, 0.3) is 21.5 Å². The van der Waals surface area contributed by atoms with E-state index in [0.29, 0.717) is 11.5 Å². The lowest BCUT2D eigenvalue weighted by Crippen LogP contribution is -2.59. The minimum atomic E-state index is -1.52. The molecule has 4 aromatic carbocycles. The number of hydrogen-bond donors (Lipinski definition) is 4. The normalized spacial score (nSPS) is 24.7. The molecule has 0 spiro atoms. The zero-order valence-corrected chi connectivity index (χ0v) is 20.1. The summed E-state index contributed by atoms with van der Waals surface area (Å²) < 4.78 is 23.5. The number of benzene rings is 4. The standard InChI is InChI=1S/C29H30O8/c30-15-25-26(31)27(32)28(33)29(37-25)35-17-24(36-23-12-10-19-6-2-4-8-21(19)14-23)16-34-22-11-9-18-5-1-3-7-20(18)13-22/h1-14,24-33H,15-17H2/t24?,25-,26-,27+,28+,29+/m1/s1. The van der Waals surface area contributed by atoms with Crippen LogP contribution < -0.4 is 9.47 Å². The first-order valence-corrected chi connectivity index (χ1v) is 12.2. The van der Waals surface area contributed by atoms with Crippen molar-refractivity contribution in [2.45, 2.75) is 36.8 Å². The maximum absolute atomic E-state index is 10.3. The first kappa shape index (κ1) is 25.4. The molecule has 1 fully saturated rings. The smallest absolute Gasteiger partial charge is 0.186 e. The van der Waals surface area contributed by atoms with Crippen molar-refractivity contribution in [3.63, 3.8) is 0 Å². The van der Waals surface area contributed by atoms with Gasteiger partial charge in [0.15, 0.2) is 12.4 Å². The lowest BCUT2D eigenvalue weighted by molar-refractivity contribution is -0.304. The number of rotatable bonds is 9. The Morgan fingerprint density at radius 3 is 1.92 bits per heavy atom. The quantitative estimate of drug-likeness (QED) is 0.274. The Hall–Kier alpha value is -3.24. The molecule has 0 aliphatic carbocycles. The lowest BCUT2D eigenvalue weighted by Gasteiger charge is -2.39. The summed E-state index contributed by atoms with van der Waals surface area (Å²) in [7, 11) is 0. The molecule has 0 amide bonds. The third-order valence-corrected chi connectivity index (χ3v) is 6.48. The third-order valence-electron chi connectivity index (χ3n) is 6.48. The van der Waals surface area contributed by atoms with Gasteiger partial charge in [-0.25, -0.2) is 0 Å². The molecule has 37 heavy (non-hydrogen) atoms. The van der Waals surface area contributed by atoms with Gasteiger partial charge in [-0.3, -0.25) is 0 Å². The highest BCUT2D eigenvalue weighted by Crippen LogP contribution is 2.25. The van der Waals surface area contributed by atoms with E-state index in [1.54, 1.807) is 0 Å². The van der Waals surface area contributed by atoms with Crippen LogP contribution in [0.1, 0.15) is 0 Å². The Labute approximate surface area is 214 Å². The first-order chi connectivity index (χ1) is 18.0. The van der Waals surface area contributed by atoms with Crippen LogP contribution in [-0.4, -0.2) is 77.1 Å². The fourth-order valence-electron chi connectivity index (χ4n) is 4.40. The van der Waals surface area contributed by atoms with E-state index in [9.17, 15) is 20.4 Å². The highest BCUT2D eigenvalue weighted by atomic mass is 16.7. The van der Waals surface area contributed by atoms with Crippen LogP contribution in [0.4, 0.5) is 0 Å². The van der Waals surface area contributed by atoms with Gasteiger partial charge in [-0.05, 0) is 45.8 Å². The predicted octanol–water partition coefficient (Wildman–Crippen LogP) is 2.64. The highest BCUT2D eigenvalue weighted by Gasteiger charge is 2.44. The SMILES string of the molecule is OC[C@H]1O[C@H](OCC(COc2ccc3ccccc3c2)Oc2ccc3ccccc3c2)[C@@H](O)[C@@H](O)[C@@H]1O. The molecule has 1 saturated heterocycles. The lowest BCUT2D eigenvalue weighted by atomic mass is 9.99. The van der Waals surface area contributed by atoms with Gasteiger partial charge < -0.3 is 39.4 Å². The van der Waals surface area contributed by atoms with Gasteiger partial charge in [0.25, 0.3) is 0 Å². The van der Waals surface area contributed by atoms with Crippen molar-refractivity contribution >= 4 is 21.5 Å². The maximum Gasteiger partial charge on any atom is 0.186 e. The maximum atomic E-state index is 10.3. The van der Waals surface area contributed by atoms with Crippen molar-refractivity contribution in [1.29, 1.82) is 0 Å². The van der Waals surface area contributed by atoms with Crippen LogP contribution >= 0.6 is 0 Å². The molecular formula is C29H30O8. The summed E-state index contributed by atoms with van der Waals surface area (Å²) in [5, 5.41) is 44.1. The minimum absolute atomic E-state index is 0.0525. The van der Waals surface area contributed by atoms with Gasteiger partial charge in [0.1, 0.15) is 42.5 Å². The van der Waals surface area contributed by atoms with E-state index in [4.69, 9.17) is 18.9 Å². The molecule has 1 unspecified atom stereocenters. The van der Waals surface area contributed by atoms with Crippen LogP contribution in [0, 0.1) is 0 Å². The van der Waals surface area contributed by atoms with E-state index in [0.717, 1.165) is 21.5 Å². The summed E-state index contributed by atoms with van der Waals surface area (Å²) in [4.78, 5) is 0. The predicted molar refractivity (Wildman–Crippen MR) is 138 cm³/mol. The molecule has 6 atom stereocenters. The van der Waals surface area contributed by atoms with Crippen LogP contribution in [-0.2, 0) is 9.47 Å². The van der Waals surface area contributed by atoms with Gasteiger partial charge >= 0.3 is 0 Å². The zero-order valence-electron chi connectivity index (χ0n) is 20.1. The molecule has 5 rings (SSSR count). The van der Waals surface area contributed by atoms with Crippen LogP contribution in [0.5, 0.6) is 11.5 Å². The Balaban J connectivity index is 1.31. The van der Waals surface area contributed by atoms with Crippen molar-refractivity contribution in [1.82, 2.24) is 0 Å². The summed E-state index contributed by atoms with van der Waals surface area (Å²) in [6, 6.07) is 27.5. The molecule has 8 heteroatoms. The second kappa shape index (κ2) is 11.4. The Morgan fingerprint density at radius 1 is 0.676 bits per heavy atom. The monoisotopic (exact) mass is 506 g/mol. The molecule has 4 N–H and O–H groups in total. The van der Waals surface area contributed by atoms with Crippen molar-refractivity contribution in [3.8, 4) is 11.5 Å². The van der Waals surface area contributed by atoms with E-state index < -0.39 is 43.4 Å². The van der Waals surface area contributed by atoms with Gasteiger partial charge in [-0.15, -0.1) is 0 Å². The van der Waals surface area contributed by atoms with Crippen LogP contribution in [0.3, 0.4) is 0 Å². The number of ether oxygens (including phenoxy) is 4. The molecule has 0 saturated carbocycles. The largest absolute Gasteiger partial charge is 0.490 e. The van der Waals surface area contributed by atoms with E-state index in [2.05, 4.69) is 0 Å². The van der Waals surface area contributed by atoms with Crippen molar-refractivity contribution in [2.24, 2.45) is 0 Å². The van der Waals surface area contributed by atoms with E-state index in [1.807, 2.05) is 84.9 Å². The first-order valence-electron chi connectivity index (χ1n) is 12.2. The Bertz CT molecular complexity index is 1330. The second-order valence-electron chi connectivity index (χ2n) is 9.10. The van der Waals surface area contributed by atoms with Crippen LogP contribution in [0.2, 0.25) is 0 Å². The molecule has 1 aliphatic rings. The third kappa shape index (κ3) is 5.86. The molecule has 0 bridgehead atoms. The average molecular weight is 507 g/mol. The molecule has 1 heterocycles. The summed E-state index contributed by atoms with van der Waals surface area (Å²) in [6.07, 6.45) is -7.41. The van der Waals surface area contributed by atoms with Gasteiger partial charge in [-0.1, -0.05) is 60.7 Å². The fraction of sp³-hybridized carbons (Fsp3) is 0.310. The number of aliphatic hydroxyl groups excluding tert-OH is 4. The summed E-state index contributed by atoms with van der Waals surface area (Å²) >= 11 is 0. The highest BCUT2D eigenvalue weighted by molar-refractivity contribution is 5.84. The number of aliphatic hydroxyl groups is 4. The van der Waals surface area contributed by atoms with Crippen LogP contribution in [0.15, 0.2) is 84.9 Å². The molecule has 1 aliphatic heterocycles. The van der Waals surface area contributed by atoms with Gasteiger partial charge in [0.05, 0.1) is 13.2 Å². The Morgan fingerprint density at radius 2 is 1.27 bits per heavy atom. The summed E-state index contributed by atoms with van der Waals surface area (Å²) in [5.74, 6) is 1.28. The number of fused-ring (bicyclic) bond motifs is 2. The average Bonchev–Trinajstić information content (AvgIpc) is 2.94. The van der Waals surface area contributed by atoms with Gasteiger partial charge in [-0.2, -0.15) is 0 Å². The zero-order chi connectivity index (χ0) is 25.8. The number of hydrogen-bond acceptors (Lipinski definition) is 8. The van der Waals surface area contributed by atoms with Crippen molar-refractivity contribution < 1.29 is 39.4 Å². The topological polar surface area (TPSA) is 118 Å². The molecule has 0 aromatic heterocycles. The minimum Gasteiger partial charge on any atom is -0.490 e. The summed E-state index contributed by atoms with van der Waals surface area (Å²) in [6.45, 7) is -0.460. The summed E-state index contributed by atoms with van der Waals surface area (Å²) in [5.41, 5.74) is 0. The second-order valence-corrected chi connectivity index (χ2v) is 9.10. The Kier molecular flexibility index (Phi) is 7.85. The molecular weight excluding hydrogens is 476 g/mol. The van der Waals surface area contributed by atoms with Crippen molar-refractivity contribution in [2.75, 3.05) is 19.8 Å². The molecule has 194 valence electrons. The molecule has 4 aromatic rings. The molecule has 0 radical (unpaired) electrons. The van der Waals surface area contributed by atoms with Gasteiger partial charge in [0.2, 0.25) is 0 Å². The van der Waals surface area contributed by atoms with E-state index in [-0.39, 0.29) is 13.2 Å². The fourth-order valence-corrected chi connectivity index (χ4v) is 4.40.